The second-order valence-electron chi connectivity index (χ2n) is 5.13. The molecule has 25 heavy (non-hydrogen) atoms. The summed E-state index contributed by atoms with van der Waals surface area (Å²) in [6.07, 6.45) is 0. The highest BCUT2D eigenvalue weighted by Crippen LogP contribution is 2.19. The van der Waals surface area contributed by atoms with Gasteiger partial charge in [-0.05, 0) is 23.8 Å². The van der Waals surface area contributed by atoms with Gasteiger partial charge in [0.15, 0.2) is 0 Å². The zero-order valence-electron chi connectivity index (χ0n) is 13.0. The van der Waals surface area contributed by atoms with Gasteiger partial charge in [-0.25, -0.2) is 18.7 Å². The Hall–Kier alpha value is -2.75. The molecule has 0 unspecified atom stereocenters. The van der Waals surface area contributed by atoms with Crippen LogP contribution in [0.25, 0.3) is 0 Å². The van der Waals surface area contributed by atoms with Crippen LogP contribution in [0, 0.1) is 0 Å². The van der Waals surface area contributed by atoms with Gasteiger partial charge in [-0.15, -0.1) is 0 Å². The molecule has 3 N–H and O–H groups in total. The molecule has 2 aromatic rings. The minimum absolute atomic E-state index is 0.117. The van der Waals surface area contributed by atoms with Crippen LogP contribution in [-0.2, 0) is 21.4 Å². The Morgan fingerprint density at radius 3 is 2.32 bits per heavy atom. The number of carboxylic acids is 1. The summed E-state index contributed by atoms with van der Waals surface area (Å²) in [4.78, 5) is 22.3. The Bertz CT molecular complexity index is 867. The third-order valence-corrected chi connectivity index (χ3v) is 5.15. The Balaban J connectivity index is 2.41. The molecule has 0 aliphatic heterocycles. The first-order valence-corrected chi connectivity index (χ1v) is 8.59. The summed E-state index contributed by atoms with van der Waals surface area (Å²) in [7, 11) is -4.16. The fraction of sp³-hybridized carbons (Fsp3) is 0.125. The lowest BCUT2D eigenvalue weighted by atomic mass is 10.2. The first kappa shape index (κ1) is 18.6. The fourth-order valence-corrected chi connectivity index (χ4v) is 3.58. The normalized spacial score (nSPS) is 11.3. The maximum Gasteiger partial charge on any atom is 0.335 e. The van der Waals surface area contributed by atoms with E-state index in [1.807, 2.05) is 0 Å². The molecule has 0 spiro atoms. The van der Waals surface area contributed by atoms with Gasteiger partial charge in [-0.2, -0.15) is 4.31 Å². The minimum Gasteiger partial charge on any atom is -0.478 e. The second-order valence-corrected chi connectivity index (χ2v) is 7.06. The predicted molar refractivity (Wildman–Crippen MR) is 87.4 cm³/mol. The molecule has 0 saturated carbocycles. The Kier molecular flexibility index (Phi) is 5.86. The smallest absolute Gasteiger partial charge is 0.335 e. The van der Waals surface area contributed by atoms with E-state index in [0.29, 0.717) is 5.56 Å². The summed E-state index contributed by atoms with van der Waals surface area (Å²) < 4.78 is 26.5. The highest BCUT2D eigenvalue weighted by molar-refractivity contribution is 7.89. The van der Waals surface area contributed by atoms with Crippen LogP contribution in [-0.4, -0.2) is 41.5 Å². The largest absolute Gasteiger partial charge is 0.478 e. The van der Waals surface area contributed by atoms with E-state index in [4.69, 9.17) is 10.3 Å². The van der Waals surface area contributed by atoms with Crippen molar-refractivity contribution in [1.29, 1.82) is 0 Å². The van der Waals surface area contributed by atoms with Gasteiger partial charge in [-0.3, -0.25) is 10.0 Å². The number of benzene rings is 2. The van der Waals surface area contributed by atoms with E-state index in [1.54, 1.807) is 30.3 Å². The van der Waals surface area contributed by atoms with Crippen molar-refractivity contribution in [3.63, 3.8) is 0 Å². The number of hydrogen-bond acceptors (Lipinski definition) is 5. The predicted octanol–water partition coefficient (Wildman–Crippen LogP) is 1.08. The quantitative estimate of drug-likeness (QED) is 0.499. The van der Waals surface area contributed by atoms with Crippen molar-refractivity contribution in [3.8, 4) is 0 Å². The van der Waals surface area contributed by atoms with Crippen molar-refractivity contribution in [2.75, 3.05) is 6.54 Å². The lowest BCUT2D eigenvalue weighted by Crippen LogP contribution is -2.39. The van der Waals surface area contributed by atoms with E-state index in [9.17, 15) is 18.0 Å². The van der Waals surface area contributed by atoms with Crippen LogP contribution in [0.3, 0.4) is 0 Å². The number of carboxylic acid groups (broad SMARTS) is 1. The third-order valence-electron chi connectivity index (χ3n) is 3.37. The molecule has 0 saturated heterocycles. The molecule has 1 amide bonds. The molecule has 0 heterocycles. The van der Waals surface area contributed by atoms with Crippen LogP contribution in [0.15, 0.2) is 59.5 Å². The number of aromatic carboxylic acids is 1. The number of amides is 1. The number of carbonyl (C=O) groups is 2. The van der Waals surface area contributed by atoms with Crippen LogP contribution >= 0.6 is 0 Å². The van der Waals surface area contributed by atoms with E-state index < -0.39 is 28.4 Å². The highest BCUT2D eigenvalue weighted by Gasteiger charge is 2.27. The molecule has 0 aliphatic carbocycles. The van der Waals surface area contributed by atoms with Crippen molar-refractivity contribution in [2.24, 2.45) is 0 Å². The minimum atomic E-state index is -4.16. The van der Waals surface area contributed by atoms with E-state index in [1.165, 1.54) is 23.7 Å². The van der Waals surface area contributed by atoms with Gasteiger partial charge in [-0.1, -0.05) is 36.4 Å². The summed E-state index contributed by atoms with van der Waals surface area (Å²) >= 11 is 0. The second kappa shape index (κ2) is 7.88. The molecule has 0 fully saturated rings. The van der Waals surface area contributed by atoms with Crippen molar-refractivity contribution in [2.45, 2.75) is 11.4 Å². The molecule has 0 atom stereocenters. The van der Waals surface area contributed by atoms with E-state index in [2.05, 4.69) is 0 Å². The van der Waals surface area contributed by atoms with E-state index >= 15 is 0 Å². The van der Waals surface area contributed by atoms with E-state index in [0.717, 1.165) is 10.4 Å². The van der Waals surface area contributed by atoms with Crippen LogP contribution in [0.4, 0.5) is 0 Å². The van der Waals surface area contributed by atoms with Gasteiger partial charge in [0.25, 0.3) is 5.91 Å². The number of nitrogens with one attached hydrogen (secondary N) is 1. The van der Waals surface area contributed by atoms with Gasteiger partial charge >= 0.3 is 5.97 Å². The molecule has 2 rings (SSSR count). The van der Waals surface area contributed by atoms with Crippen LogP contribution in [0.1, 0.15) is 15.9 Å². The number of carbonyl (C=O) groups excluding carboxylic acids is 1. The van der Waals surface area contributed by atoms with Gasteiger partial charge in [0.1, 0.15) is 0 Å². The summed E-state index contributed by atoms with van der Waals surface area (Å²) in [5.41, 5.74) is 1.84. The number of rotatable bonds is 7. The number of hydrogen-bond donors (Lipinski definition) is 3. The Morgan fingerprint density at radius 1 is 1.04 bits per heavy atom. The van der Waals surface area contributed by atoms with Gasteiger partial charge in [0.05, 0.1) is 17.0 Å². The maximum atomic E-state index is 12.8. The summed E-state index contributed by atoms with van der Waals surface area (Å²) in [6.45, 7) is -0.737. The zero-order valence-corrected chi connectivity index (χ0v) is 13.8. The lowest BCUT2D eigenvalue weighted by Gasteiger charge is -2.21. The number of sulfonamides is 1. The van der Waals surface area contributed by atoms with E-state index in [-0.39, 0.29) is 17.0 Å². The first-order valence-electron chi connectivity index (χ1n) is 7.15. The summed E-state index contributed by atoms with van der Waals surface area (Å²) in [5.74, 6) is -2.17. The molecule has 0 bridgehead atoms. The monoisotopic (exact) mass is 364 g/mol. The summed E-state index contributed by atoms with van der Waals surface area (Å²) in [6, 6.07) is 13.4. The first-order chi connectivity index (χ1) is 11.8. The van der Waals surface area contributed by atoms with Crippen LogP contribution in [0.5, 0.6) is 0 Å². The van der Waals surface area contributed by atoms with Gasteiger partial charge in [0, 0.05) is 6.54 Å². The molecule has 0 aromatic heterocycles. The van der Waals surface area contributed by atoms with Gasteiger partial charge < -0.3 is 5.11 Å². The maximum absolute atomic E-state index is 12.8. The topological polar surface area (TPSA) is 124 Å². The SMILES string of the molecule is O=C(CN(Cc1ccccc1)S(=O)(=O)c1cccc(C(=O)O)c1)NO. The number of hydroxylamine groups is 1. The van der Waals surface area contributed by atoms with Crippen LogP contribution < -0.4 is 5.48 Å². The molecule has 132 valence electrons. The van der Waals surface area contributed by atoms with Crippen LogP contribution in [0.2, 0.25) is 0 Å². The Morgan fingerprint density at radius 2 is 1.72 bits per heavy atom. The average molecular weight is 364 g/mol. The molecule has 0 radical (unpaired) electrons. The fourth-order valence-electron chi connectivity index (χ4n) is 2.15. The van der Waals surface area contributed by atoms with Crippen molar-refractivity contribution >= 4 is 21.9 Å². The highest BCUT2D eigenvalue weighted by atomic mass is 32.2. The third kappa shape index (κ3) is 4.63. The Labute approximate surface area is 144 Å². The molecule has 8 nitrogen and oxygen atoms in total. The molecular formula is C16H16N2O6S. The average Bonchev–Trinajstić information content (AvgIpc) is 2.62. The lowest BCUT2D eigenvalue weighted by molar-refractivity contribution is -0.129. The summed E-state index contributed by atoms with van der Waals surface area (Å²) in [5, 5.41) is 17.7. The van der Waals surface area contributed by atoms with Crippen molar-refractivity contribution < 1.29 is 28.3 Å². The van der Waals surface area contributed by atoms with Crippen molar-refractivity contribution in [1.82, 2.24) is 9.79 Å². The zero-order chi connectivity index (χ0) is 18.4. The molecule has 0 aliphatic rings. The molecule has 2 aromatic carbocycles. The van der Waals surface area contributed by atoms with Gasteiger partial charge in [0.2, 0.25) is 10.0 Å². The standard InChI is InChI=1S/C16H16N2O6S/c19-15(17-22)11-18(10-12-5-2-1-3-6-12)25(23,24)14-8-4-7-13(9-14)16(20)21/h1-9,22H,10-11H2,(H,17,19)(H,20,21). The molecular weight excluding hydrogens is 348 g/mol. The van der Waals surface area contributed by atoms with Crippen molar-refractivity contribution in [3.05, 3.63) is 65.7 Å². The number of nitrogens with zero attached hydrogens (tertiary/aromatic N) is 1. The molecule has 9 heteroatoms.